The van der Waals surface area contributed by atoms with E-state index < -0.39 is 11.6 Å². The Kier molecular flexibility index (Phi) is 5.24. The first-order valence-electron chi connectivity index (χ1n) is 7.76. The molecule has 0 aromatic heterocycles. The smallest absolute Gasteiger partial charge is 0.348 e. The molecule has 1 heterocycles. The number of nitrogens with zero attached hydrogens (tertiary/aromatic N) is 1. The van der Waals surface area contributed by atoms with E-state index in [2.05, 4.69) is 24.8 Å². The number of piperidine rings is 1. The van der Waals surface area contributed by atoms with Crippen molar-refractivity contribution in [1.82, 2.24) is 4.90 Å². The maximum absolute atomic E-state index is 11.8. The van der Waals surface area contributed by atoms with Gasteiger partial charge in [-0.05, 0) is 32.9 Å². The second-order valence-electron chi connectivity index (χ2n) is 6.30. The molecule has 2 rings (SSSR count). The SMILES string of the molecule is CC(C)=CCN1CCC(Oc2ccc(C)cc2)(C(=O)O)CC1. The van der Waals surface area contributed by atoms with Crippen molar-refractivity contribution in [1.29, 1.82) is 0 Å². The van der Waals surface area contributed by atoms with E-state index in [9.17, 15) is 9.90 Å². The van der Waals surface area contributed by atoms with E-state index in [4.69, 9.17) is 4.74 Å². The molecule has 0 atom stereocenters. The van der Waals surface area contributed by atoms with Crippen LogP contribution >= 0.6 is 0 Å². The highest BCUT2D eigenvalue weighted by molar-refractivity contribution is 5.78. The van der Waals surface area contributed by atoms with Crippen molar-refractivity contribution in [2.24, 2.45) is 0 Å². The Balaban J connectivity index is 2.03. The third-order valence-electron chi connectivity index (χ3n) is 4.15. The van der Waals surface area contributed by atoms with E-state index >= 15 is 0 Å². The number of benzene rings is 1. The molecule has 0 aliphatic carbocycles. The van der Waals surface area contributed by atoms with Crippen LogP contribution in [0.5, 0.6) is 5.75 Å². The van der Waals surface area contributed by atoms with E-state index in [0.717, 1.165) is 25.2 Å². The van der Waals surface area contributed by atoms with Crippen LogP contribution in [0.2, 0.25) is 0 Å². The summed E-state index contributed by atoms with van der Waals surface area (Å²) in [7, 11) is 0. The van der Waals surface area contributed by atoms with Crippen molar-refractivity contribution < 1.29 is 14.6 Å². The second kappa shape index (κ2) is 6.97. The lowest BCUT2D eigenvalue weighted by molar-refractivity contribution is -0.159. The Bertz CT molecular complexity index is 536. The van der Waals surface area contributed by atoms with Gasteiger partial charge in [0.15, 0.2) is 0 Å². The molecule has 1 aliphatic heterocycles. The molecule has 1 aromatic rings. The molecule has 0 unspecified atom stereocenters. The lowest BCUT2D eigenvalue weighted by Gasteiger charge is -2.38. The zero-order valence-electron chi connectivity index (χ0n) is 13.6. The number of aliphatic carboxylic acids is 1. The molecule has 1 aromatic carbocycles. The van der Waals surface area contributed by atoms with E-state index in [-0.39, 0.29) is 0 Å². The van der Waals surface area contributed by atoms with Crippen LogP contribution in [0.4, 0.5) is 0 Å². The van der Waals surface area contributed by atoms with Crippen LogP contribution in [0.3, 0.4) is 0 Å². The largest absolute Gasteiger partial charge is 0.478 e. The van der Waals surface area contributed by atoms with Gasteiger partial charge in [0.2, 0.25) is 5.60 Å². The molecule has 0 bridgehead atoms. The van der Waals surface area contributed by atoms with E-state index in [0.29, 0.717) is 18.6 Å². The maximum Gasteiger partial charge on any atom is 0.348 e. The van der Waals surface area contributed by atoms with Gasteiger partial charge in [-0.15, -0.1) is 0 Å². The Morgan fingerprint density at radius 2 is 1.86 bits per heavy atom. The van der Waals surface area contributed by atoms with Gasteiger partial charge in [-0.1, -0.05) is 29.3 Å². The highest BCUT2D eigenvalue weighted by Crippen LogP contribution is 2.29. The minimum atomic E-state index is -1.10. The number of aryl methyl sites for hydroxylation is 1. The Hall–Kier alpha value is -1.81. The van der Waals surface area contributed by atoms with Crippen LogP contribution in [-0.4, -0.2) is 41.2 Å². The Morgan fingerprint density at radius 3 is 2.36 bits per heavy atom. The van der Waals surface area contributed by atoms with Crippen LogP contribution in [0.15, 0.2) is 35.9 Å². The van der Waals surface area contributed by atoms with Crippen LogP contribution < -0.4 is 4.74 Å². The lowest BCUT2D eigenvalue weighted by Crippen LogP contribution is -2.53. The summed E-state index contributed by atoms with van der Waals surface area (Å²) < 4.78 is 5.89. The summed E-state index contributed by atoms with van der Waals surface area (Å²) in [5, 5.41) is 9.65. The highest BCUT2D eigenvalue weighted by Gasteiger charge is 2.43. The number of rotatable bonds is 5. The van der Waals surface area contributed by atoms with Crippen LogP contribution in [0, 0.1) is 6.92 Å². The number of ether oxygens (including phenoxy) is 1. The molecule has 4 nitrogen and oxygen atoms in total. The topological polar surface area (TPSA) is 49.8 Å². The van der Waals surface area contributed by atoms with Crippen molar-refractivity contribution in [3.8, 4) is 5.75 Å². The van der Waals surface area contributed by atoms with Gasteiger partial charge in [0.25, 0.3) is 0 Å². The summed E-state index contributed by atoms with van der Waals surface area (Å²) in [4.78, 5) is 14.0. The molecule has 1 fully saturated rings. The number of likely N-dealkylation sites (tertiary alicyclic amines) is 1. The fraction of sp³-hybridized carbons (Fsp3) is 0.500. The van der Waals surface area contributed by atoms with Crippen molar-refractivity contribution in [2.45, 2.75) is 39.2 Å². The van der Waals surface area contributed by atoms with E-state index in [1.54, 1.807) is 0 Å². The molecule has 1 saturated heterocycles. The fourth-order valence-corrected chi connectivity index (χ4v) is 2.60. The van der Waals surface area contributed by atoms with Gasteiger partial charge in [0.05, 0.1) is 0 Å². The van der Waals surface area contributed by atoms with Crippen molar-refractivity contribution in [3.05, 3.63) is 41.5 Å². The van der Waals surface area contributed by atoms with Crippen molar-refractivity contribution in [2.75, 3.05) is 19.6 Å². The zero-order chi connectivity index (χ0) is 16.2. The first kappa shape index (κ1) is 16.6. The predicted molar refractivity (Wildman–Crippen MR) is 87.3 cm³/mol. The maximum atomic E-state index is 11.8. The van der Waals surface area contributed by atoms with E-state index in [1.807, 2.05) is 31.2 Å². The molecule has 0 spiro atoms. The summed E-state index contributed by atoms with van der Waals surface area (Å²) in [5.74, 6) is -0.235. The third-order valence-corrected chi connectivity index (χ3v) is 4.15. The summed E-state index contributed by atoms with van der Waals surface area (Å²) in [6.07, 6.45) is 3.19. The molecular weight excluding hydrogens is 278 g/mol. The molecule has 4 heteroatoms. The minimum absolute atomic E-state index is 0.507. The number of hydrogen-bond acceptors (Lipinski definition) is 3. The fourth-order valence-electron chi connectivity index (χ4n) is 2.60. The molecule has 1 aliphatic rings. The van der Waals surface area contributed by atoms with E-state index in [1.165, 1.54) is 5.57 Å². The molecule has 0 radical (unpaired) electrons. The van der Waals surface area contributed by atoms with Crippen LogP contribution in [0.1, 0.15) is 32.3 Å². The molecule has 0 amide bonds. The minimum Gasteiger partial charge on any atom is -0.478 e. The highest BCUT2D eigenvalue weighted by atomic mass is 16.5. The van der Waals surface area contributed by atoms with Gasteiger partial charge < -0.3 is 9.84 Å². The van der Waals surface area contributed by atoms with Crippen molar-refractivity contribution >= 4 is 5.97 Å². The van der Waals surface area contributed by atoms with Gasteiger partial charge in [-0.3, -0.25) is 4.90 Å². The molecule has 22 heavy (non-hydrogen) atoms. The number of carboxylic acid groups (broad SMARTS) is 1. The summed E-state index contributed by atoms with van der Waals surface area (Å²) in [5.41, 5.74) is 1.32. The van der Waals surface area contributed by atoms with Gasteiger partial charge in [-0.2, -0.15) is 0 Å². The molecular formula is C18H25NO3. The van der Waals surface area contributed by atoms with Gasteiger partial charge in [0, 0.05) is 32.5 Å². The van der Waals surface area contributed by atoms with Gasteiger partial charge in [0.1, 0.15) is 5.75 Å². The number of allylic oxidation sites excluding steroid dienone is 1. The first-order valence-corrected chi connectivity index (χ1v) is 7.76. The molecule has 120 valence electrons. The lowest BCUT2D eigenvalue weighted by atomic mass is 9.91. The van der Waals surface area contributed by atoms with Crippen LogP contribution in [-0.2, 0) is 4.79 Å². The average Bonchev–Trinajstić information content (AvgIpc) is 2.48. The summed E-state index contributed by atoms with van der Waals surface area (Å²) in [6.45, 7) is 8.50. The van der Waals surface area contributed by atoms with Crippen LogP contribution in [0.25, 0.3) is 0 Å². The molecule has 1 N–H and O–H groups in total. The summed E-state index contributed by atoms with van der Waals surface area (Å²) in [6, 6.07) is 7.56. The second-order valence-corrected chi connectivity index (χ2v) is 6.30. The normalized spacial score (nSPS) is 17.8. The summed E-state index contributed by atoms with van der Waals surface area (Å²) >= 11 is 0. The van der Waals surface area contributed by atoms with Gasteiger partial charge in [-0.25, -0.2) is 4.79 Å². The Morgan fingerprint density at radius 1 is 1.27 bits per heavy atom. The number of hydrogen-bond donors (Lipinski definition) is 1. The average molecular weight is 303 g/mol. The van der Waals surface area contributed by atoms with Crippen molar-refractivity contribution in [3.63, 3.8) is 0 Å². The monoisotopic (exact) mass is 303 g/mol. The quantitative estimate of drug-likeness (QED) is 0.848. The van der Waals surface area contributed by atoms with Gasteiger partial charge >= 0.3 is 5.97 Å². The standard InChI is InChI=1S/C18H25NO3/c1-14(2)8-11-19-12-9-18(10-13-19,17(20)21)22-16-6-4-15(3)5-7-16/h4-8H,9-13H2,1-3H3,(H,20,21). The molecule has 0 saturated carbocycles. The third kappa shape index (κ3) is 4.10. The number of carbonyl (C=O) groups is 1. The first-order chi connectivity index (χ1) is 10.4. The Labute approximate surface area is 132 Å². The number of carboxylic acids is 1. The predicted octanol–water partition coefficient (Wildman–Crippen LogP) is 3.26. The zero-order valence-corrected chi connectivity index (χ0v) is 13.6.